The highest BCUT2D eigenvalue weighted by atomic mass is 19.1. The number of hydrogen-bond acceptors (Lipinski definition) is 6. The third kappa shape index (κ3) is 4.70. The number of non-ortho nitro benzene ring substituents is 1. The minimum atomic E-state index is -0.561. The molecular formula is C18H18FN3O5. The molecule has 0 aliphatic carbocycles. The molecule has 27 heavy (non-hydrogen) atoms. The van der Waals surface area contributed by atoms with Gasteiger partial charge in [-0.2, -0.15) is 0 Å². The van der Waals surface area contributed by atoms with Crippen molar-refractivity contribution in [2.45, 2.75) is 0 Å². The summed E-state index contributed by atoms with van der Waals surface area (Å²) >= 11 is 0. The molecule has 1 fully saturated rings. The van der Waals surface area contributed by atoms with E-state index in [0.29, 0.717) is 37.7 Å². The number of halogens is 1. The highest BCUT2D eigenvalue weighted by Crippen LogP contribution is 2.31. The Morgan fingerprint density at radius 2 is 2.00 bits per heavy atom. The van der Waals surface area contributed by atoms with Gasteiger partial charge in [-0.25, -0.2) is 4.39 Å². The van der Waals surface area contributed by atoms with Gasteiger partial charge in [-0.05, 0) is 18.2 Å². The summed E-state index contributed by atoms with van der Waals surface area (Å²) in [6.07, 6.45) is 0. The molecule has 1 amide bonds. The maximum atomic E-state index is 13.6. The normalized spacial score (nSPS) is 13.9. The van der Waals surface area contributed by atoms with Crippen molar-refractivity contribution >= 4 is 23.0 Å². The topological polar surface area (TPSA) is 93.9 Å². The van der Waals surface area contributed by atoms with Crippen molar-refractivity contribution in [2.75, 3.05) is 43.1 Å². The maximum absolute atomic E-state index is 13.6. The van der Waals surface area contributed by atoms with E-state index < -0.39 is 16.6 Å². The van der Waals surface area contributed by atoms with Crippen molar-refractivity contribution in [1.82, 2.24) is 0 Å². The molecule has 2 aromatic carbocycles. The van der Waals surface area contributed by atoms with Crippen LogP contribution in [0.4, 0.5) is 21.5 Å². The van der Waals surface area contributed by atoms with Crippen LogP contribution in [0.1, 0.15) is 0 Å². The number of carbonyl (C=O) groups excluding carboxylic acids is 1. The minimum absolute atomic E-state index is 0.0234. The first-order valence-corrected chi connectivity index (χ1v) is 8.33. The molecule has 1 aliphatic rings. The average molecular weight is 375 g/mol. The van der Waals surface area contributed by atoms with Crippen LogP contribution in [-0.2, 0) is 9.53 Å². The fourth-order valence-corrected chi connectivity index (χ4v) is 2.70. The predicted octanol–water partition coefficient (Wildman–Crippen LogP) is 2.59. The molecule has 0 atom stereocenters. The van der Waals surface area contributed by atoms with Crippen LogP contribution in [0.15, 0.2) is 42.5 Å². The summed E-state index contributed by atoms with van der Waals surface area (Å²) in [6.45, 7) is 1.70. The highest BCUT2D eigenvalue weighted by Gasteiger charge is 2.20. The van der Waals surface area contributed by atoms with E-state index in [4.69, 9.17) is 9.47 Å². The third-order valence-electron chi connectivity index (χ3n) is 4.01. The van der Waals surface area contributed by atoms with Crippen molar-refractivity contribution in [3.63, 3.8) is 0 Å². The average Bonchev–Trinajstić information content (AvgIpc) is 2.68. The molecule has 1 heterocycles. The lowest BCUT2D eigenvalue weighted by Crippen LogP contribution is -2.37. The number of amides is 1. The summed E-state index contributed by atoms with van der Waals surface area (Å²) in [4.78, 5) is 24.7. The van der Waals surface area contributed by atoms with Gasteiger partial charge in [-0.1, -0.05) is 12.1 Å². The van der Waals surface area contributed by atoms with Crippen LogP contribution in [0.25, 0.3) is 0 Å². The molecule has 0 radical (unpaired) electrons. The lowest BCUT2D eigenvalue weighted by atomic mass is 10.2. The second kappa shape index (κ2) is 8.45. The number of para-hydroxylation sites is 1. The molecule has 9 heteroatoms. The number of ether oxygens (including phenoxy) is 2. The van der Waals surface area contributed by atoms with E-state index in [1.54, 1.807) is 6.07 Å². The van der Waals surface area contributed by atoms with E-state index in [1.807, 2.05) is 4.90 Å². The number of nitro groups is 1. The summed E-state index contributed by atoms with van der Waals surface area (Å²) < 4.78 is 24.0. The zero-order valence-electron chi connectivity index (χ0n) is 14.4. The van der Waals surface area contributed by atoms with E-state index >= 15 is 0 Å². The highest BCUT2D eigenvalue weighted by molar-refractivity contribution is 5.95. The Balaban J connectivity index is 1.73. The summed E-state index contributed by atoms with van der Waals surface area (Å²) in [5, 5.41) is 13.8. The quantitative estimate of drug-likeness (QED) is 0.616. The third-order valence-corrected chi connectivity index (χ3v) is 4.01. The Morgan fingerprint density at radius 1 is 1.26 bits per heavy atom. The number of benzene rings is 2. The molecule has 142 valence electrons. The van der Waals surface area contributed by atoms with Crippen LogP contribution in [0, 0.1) is 15.9 Å². The largest absolute Gasteiger partial charge is 0.481 e. The van der Waals surface area contributed by atoms with Crippen LogP contribution in [0.2, 0.25) is 0 Å². The van der Waals surface area contributed by atoms with Crippen LogP contribution >= 0.6 is 0 Å². The maximum Gasteiger partial charge on any atom is 0.271 e. The first-order chi connectivity index (χ1) is 13.0. The van der Waals surface area contributed by atoms with E-state index in [2.05, 4.69) is 5.32 Å². The molecular weight excluding hydrogens is 357 g/mol. The molecule has 8 nitrogen and oxygen atoms in total. The molecule has 1 N–H and O–H groups in total. The molecule has 3 rings (SSSR count). The number of carbonyl (C=O) groups is 1. The molecule has 0 saturated carbocycles. The summed E-state index contributed by atoms with van der Waals surface area (Å²) in [5.74, 6) is -1.08. The number of anilines is 2. The zero-order chi connectivity index (χ0) is 19.2. The minimum Gasteiger partial charge on any atom is -0.481 e. The van der Waals surface area contributed by atoms with Gasteiger partial charge in [0, 0.05) is 25.2 Å². The van der Waals surface area contributed by atoms with Crippen molar-refractivity contribution in [1.29, 1.82) is 0 Å². The van der Waals surface area contributed by atoms with Crippen LogP contribution in [0.3, 0.4) is 0 Å². The Bertz CT molecular complexity index is 839. The van der Waals surface area contributed by atoms with Gasteiger partial charge in [0.15, 0.2) is 18.2 Å². The van der Waals surface area contributed by atoms with E-state index in [1.165, 1.54) is 36.4 Å². The van der Waals surface area contributed by atoms with Gasteiger partial charge in [0.2, 0.25) is 0 Å². The zero-order valence-corrected chi connectivity index (χ0v) is 14.4. The van der Waals surface area contributed by atoms with Crippen LogP contribution < -0.4 is 15.0 Å². The molecule has 2 aromatic rings. The van der Waals surface area contributed by atoms with Gasteiger partial charge >= 0.3 is 0 Å². The summed E-state index contributed by atoms with van der Waals surface area (Å²) in [5.41, 5.74) is 0.883. The van der Waals surface area contributed by atoms with Gasteiger partial charge in [-0.3, -0.25) is 14.9 Å². The van der Waals surface area contributed by atoms with Gasteiger partial charge < -0.3 is 19.7 Å². The first kappa shape index (κ1) is 18.6. The predicted molar refractivity (Wildman–Crippen MR) is 96.7 cm³/mol. The molecule has 0 unspecified atom stereocenters. The van der Waals surface area contributed by atoms with Gasteiger partial charge in [0.1, 0.15) is 0 Å². The smallest absolute Gasteiger partial charge is 0.271 e. The number of nitro benzene ring substituents is 1. The monoisotopic (exact) mass is 375 g/mol. The second-order valence-corrected chi connectivity index (χ2v) is 5.83. The molecule has 0 bridgehead atoms. The van der Waals surface area contributed by atoms with Crippen molar-refractivity contribution < 1.29 is 23.6 Å². The fraction of sp³-hybridized carbons (Fsp3) is 0.278. The Labute approximate surface area is 154 Å². The number of nitrogens with one attached hydrogen (secondary N) is 1. The van der Waals surface area contributed by atoms with Crippen molar-refractivity contribution in [2.24, 2.45) is 0 Å². The van der Waals surface area contributed by atoms with E-state index in [0.717, 1.165) is 0 Å². The lowest BCUT2D eigenvalue weighted by Gasteiger charge is -2.30. The fourth-order valence-electron chi connectivity index (χ4n) is 2.70. The number of morpholine rings is 1. The second-order valence-electron chi connectivity index (χ2n) is 5.83. The molecule has 0 aromatic heterocycles. The molecule has 0 spiro atoms. The van der Waals surface area contributed by atoms with E-state index in [9.17, 15) is 19.3 Å². The van der Waals surface area contributed by atoms with Crippen molar-refractivity contribution in [3.05, 3.63) is 58.4 Å². The SMILES string of the molecule is O=C(COc1ccccc1F)Nc1ccc([N+](=O)[O-])cc1N1CCOCC1. The van der Waals surface area contributed by atoms with Gasteiger partial charge in [0.25, 0.3) is 11.6 Å². The van der Waals surface area contributed by atoms with Gasteiger partial charge in [0.05, 0.1) is 29.5 Å². The Kier molecular flexibility index (Phi) is 5.82. The van der Waals surface area contributed by atoms with Crippen molar-refractivity contribution in [3.8, 4) is 5.75 Å². The molecule has 1 aliphatic heterocycles. The number of hydrogen-bond donors (Lipinski definition) is 1. The summed E-state index contributed by atoms with van der Waals surface area (Å²) in [6, 6.07) is 9.99. The van der Waals surface area contributed by atoms with Crippen LogP contribution in [0.5, 0.6) is 5.75 Å². The van der Waals surface area contributed by atoms with E-state index in [-0.39, 0.29) is 18.0 Å². The Morgan fingerprint density at radius 3 is 2.70 bits per heavy atom. The van der Waals surface area contributed by atoms with Gasteiger partial charge in [-0.15, -0.1) is 0 Å². The number of rotatable bonds is 6. The Hall–Kier alpha value is -3.20. The standard InChI is InChI=1S/C18H18FN3O5/c19-14-3-1-2-4-17(14)27-12-18(23)20-15-6-5-13(22(24)25)11-16(15)21-7-9-26-10-8-21/h1-6,11H,7-10,12H2,(H,20,23). The number of nitrogens with zero attached hydrogens (tertiary/aromatic N) is 2. The molecule has 1 saturated heterocycles. The van der Waals surface area contributed by atoms with Crippen LogP contribution in [-0.4, -0.2) is 43.7 Å². The lowest BCUT2D eigenvalue weighted by molar-refractivity contribution is -0.384. The first-order valence-electron chi connectivity index (χ1n) is 8.33. The summed E-state index contributed by atoms with van der Waals surface area (Å²) in [7, 11) is 0.